The first-order valence-corrected chi connectivity index (χ1v) is 4.66. The predicted molar refractivity (Wildman–Crippen MR) is 44.1 cm³/mol. The van der Waals surface area contributed by atoms with Gasteiger partial charge in [0.05, 0.1) is 6.10 Å². The maximum Gasteiger partial charge on any atom is 0.220 e. The van der Waals surface area contributed by atoms with Crippen LogP contribution in [0.1, 0.15) is 25.7 Å². The molecule has 12 heavy (non-hydrogen) atoms. The first-order chi connectivity index (χ1) is 5.68. The molecule has 0 aromatic carbocycles. The molecular formula is C9H15NO2. The van der Waals surface area contributed by atoms with E-state index in [9.17, 15) is 9.90 Å². The Morgan fingerprint density at radius 3 is 2.17 bits per heavy atom. The number of rotatable bonds is 1. The zero-order chi connectivity index (χ0) is 8.72. The Hall–Kier alpha value is -0.570. The molecule has 2 unspecified atom stereocenters. The van der Waals surface area contributed by atoms with E-state index in [1.165, 1.54) is 0 Å². The second-order valence-electron chi connectivity index (χ2n) is 4.16. The summed E-state index contributed by atoms with van der Waals surface area (Å²) >= 11 is 0. The largest absolute Gasteiger partial charge is 0.393 e. The summed E-state index contributed by atoms with van der Waals surface area (Å²) in [5.74, 6) is 0.548. The van der Waals surface area contributed by atoms with Crippen molar-refractivity contribution in [2.75, 3.05) is 0 Å². The zero-order valence-corrected chi connectivity index (χ0v) is 7.07. The predicted octanol–water partition coefficient (Wildman–Crippen LogP) is 0.269. The maximum atomic E-state index is 10.9. The average molecular weight is 169 g/mol. The van der Waals surface area contributed by atoms with Crippen molar-refractivity contribution < 1.29 is 9.90 Å². The summed E-state index contributed by atoms with van der Waals surface area (Å²) in [5.41, 5.74) is 5.24. The zero-order valence-electron chi connectivity index (χ0n) is 7.07. The SMILES string of the molecule is NC(=O)C1C[C@H]2CC[C@@H](C1)C2O. The quantitative estimate of drug-likeness (QED) is 0.591. The number of amides is 1. The van der Waals surface area contributed by atoms with Gasteiger partial charge in [0.15, 0.2) is 0 Å². The summed E-state index contributed by atoms with van der Waals surface area (Å²) in [7, 11) is 0. The molecule has 0 spiro atoms. The molecule has 3 N–H and O–H groups in total. The van der Waals surface area contributed by atoms with Gasteiger partial charge in [0.1, 0.15) is 0 Å². The molecule has 0 heterocycles. The molecule has 2 fully saturated rings. The fourth-order valence-corrected chi connectivity index (χ4v) is 2.73. The van der Waals surface area contributed by atoms with Crippen molar-refractivity contribution in [3.05, 3.63) is 0 Å². The third kappa shape index (κ3) is 1.12. The highest BCUT2D eigenvalue weighted by atomic mass is 16.3. The van der Waals surface area contributed by atoms with Gasteiger partial charge in [-0.2, -0.15) is 0 Å². The maximum absolute atomic E-state index is 10.9. The van der Waals surface area contributed by atoms with Gasteiger partial charge in [0, 0.05) is 5.92 Å². The van der Waals surface area contributed by atoms with Crippen molar-refractivity contribution in [2.24, 2.45) is 23.5 Å². The summed E-state index contributed by atoms with van der Waals surface area (Å²) in [6, 6.07) is 0. The first-order valence-electron chi connectivity index (χ1n) is 4.66. The van der Waals surface area contributed by atoms with Crippen LogP contribution >= 0.6 is 0 Å². The van der Waals surface area contributed by atoms with Gasteiger partial charge in [-0.3, -0.25) is 4.79 Å². The van der Waals surface area contributed by atoms with Crippen LogP contribution in [0.5, 0.6) is 0 Å². The Balaban J connectivity index is 2.07. The summed E-state index contributed by atoms with van der Waals surface area (Å²) in [6.45, 7) is 0. The Morgan fingerprint density at radius 1 is 1.25 bits per heavy atom. The third-order valence-corrected chi connectivity index (χ3v) is 3.45. The fraction of sp³-hybridized carbons (Fsp3) is 0.889. The average Bonchev–Trinajstić information content (AvgIpc) is 2.30. The van der Waals surface area contributed by atoms with E-state index in [0.29, 0.717) is 11.8 Å². The number of hydrogen-bond acceptors (Lipinski definition) is 2. The van der Waals surface area contributed by atoms with Crippen LogP contribution in [0.3, 0.4) is 0 Å². The lowest BCUT2D eigenvalue weighted by Gasteiger charge is -2.30. The van der Waals surface area contributed by atoms with Crippen molar-refractivity contribution in [2.45, 2.75) is 31.8 Å². The van der Waals surface area contributed by atoms with E-state index in [1.807, 2.05) is 0 Å². The second-order valence-corrected chi connectivity index (χ2v) is 4.16. The van der Waals surface area contributed by atoms with E-state index in [4.69, 9.17) is 5.73 Å². The van der Waals surface area contributed by atoms with Gasteiger partial charge in [-0.15, -0.1) is 0 Å². The molecule has 3 nitrogen and oxygen atoms in total. The molecule has 2 saturated carbocycles. The summed E-state index contributed by atoms with van der Waals surface area (Å²) in [6.07, 6.45) is 3.63. The van der Waals surface area contributed by atoms with Gasteiger partial charge >= 0.3 is 0 Å². The Morgan fingerprint density at radius 2 is 1.75 bits per heavy atom. The summed E-state index contributed by atoms with van der Waals surface area (Å²) < 4.78 is 0. The third-order valence-electron chi connectivity index (χ3n) is 3.45. The molecule has 2 aliphatic rings. The minimum atomic E-state index is -0.182. The lowest BCUT2D eigenvalue weighted by Crippen LogP contribution is -2.36. The van der Waals surface area contributed by atoms with Gasteiger partial charge in [-0.05, 0) is 37.5 Å². The van der Waals surface area contributed by atoms with E-state index in [2.05, 4.69) is 0 Å². The summed E-state index contributed by atoms with van der Waals surface area (Å²) in [4.78, 5) is 10.9. The fourth-order valence-electron chi connectivity index (χ4n) is 2.73. The smallest absolute Gasteiger partial charge is 0.220 e. The van der Waals surface area contributed by atoms with E-state index in [1.54, 1.807) is 0 Å². The van der Waals surface area contributed by atoms with Crippen molar-refractivity contribution >= 4 is 5.91 Å². The molecule has 2 rings (SSSR count). The van der Waals surface area contributed by atoms with E-state index >= 15 is 0 Å². The monoisotopic (exact) mass is 169 g/mol. The second kappa shape index (κ2) is 2.73. The number of fused-ring (bicyclic) bond motifs is 2. The Labute approximate surface area is 71.9 Å². The molecule has 2 bridgehead atoms. The van der Waals surface area contributed by atoms with Crippen LogP contribution in [-0.2, 0) is 4.79 Å². The standard InChI is InChI=1S/C9H15NO2/c10-9(12)7-3-5-1-2-6(4-7)8(5)11/h5-8,11H,1-4H2,(H2,10,12)/t5-,6+,7?,8?. The normalized spacial score (nSPS) is 46.1. The number of hydrogen-bond donors (Lipinski definition) is 2. The van der Waals surface area contributed by atoms with Crippen molar-refractivity contribution in [3.63, 3.8) is 0 Å². The van der Waals surface area contributed by atoms with Gasteiger partial charge in [-0.1, -0.05) is 0 Å². The van der Waals surface area contributed by atoms with Gasteiger partial charge in [0.2, 0.25) is 5.91 Å². The number of aliphatic hydroxyl groups is 1. The molecule has 0 aromatic heterocycles. The van der Waals surface area contributed by atoms with Crippen LogP contribution < -0.4 is 5.73 Å². The van der Waals surface area contributed by atoms with Crippen LogP contribution in [0, 0.1) is 17.8 Å². The van der Waals surface area contributed by atoms with Crippen LogP contribution in [0.2, 0.25) is 0 Å². The molecule has 2 aliphatic carbocycles. The number of carbonyl (C=O) groups excluding carboxylic acids is 1. The minimum Gasteiger partial charge on any atom is -0.393 e. The topological polar surface area (TPSA) is 63.3 Å². The minimum absolute atomic E-state index is 0.0332. The van der Waals surface area contributed by atoms with Crippen LogP contribution in [0.15, 0.2) is 0 Å². The molecule has 0 radical (unpaired) electrons. The highest BCUT2D eigenvalue weighted by Crippen LogP contribution is 2.44. The van der Waals surface area contributed by atoms with Crippen molar-refractivity contribution in [1.82, 2.24) is 0 Å². The van der Waals surface area contributed by atoms with Gasteiger partial charge in [-0.25, -0.2) is 0 Å². The molecule has 0 aliphatic heterocycles. The molecule has 0 aromatic rings. The highest BCUT2D eigenvalue weighted by Gasteiger charge is 2.43. The van der Waals surface area contributed by atoms with E-state index in [-0.39, 0.29) is 17.9 Å². The highest BCUT2D eigenvalue weighted by molar-refractivity contribution is 5.76. The molecule has 1 amide bonds. The van der Waals surface area contributed by atoms with Crippen molar-refractivity contribution in [1.29, 1.82) is 0 Å². The van der Waals surface area contributed by atoms with Gasteiger partial charge in [0.25, 0.3) is 0 Å². The lowest BCUT2D eigenvalue weighted by atomic mass is 9.79. The number of primary amides is 1. The van der Waals surface area contributed by atoms with E-state index in [0.717, 1.165) is 25.7 Å². The van der Waals surface area contributed by atoms with Crippen LogP contribution in [-0.4, -0.2) is 17.1 Å². The number of aliphatic hydroxyl groups excluding tert-OH is 1. The Kier molecular flexibility index (Phi) is 1.83. The molecular weight excluding hydrogens is 154 g/mol. The van der Waals surface area contributed by atoms with Crippen LogP contribution in [0.25, 0.3) is 0 Å². The molecule has 0 saturated heterocycles. The first kappa shape index (κ1) is 8.05. The van der Waals surface area contributed by atoms with Crippen molar-refractivity contribution in [3.8, 4) is 0 Å². The van der Waals surface area contributed by atoms with E-state index < -0.39 is 0 Å². The number of nitrogens with two attached hydrogens (primary N) is 1. The summed E-state index contributed by atoms with van der Waals surface area (Å²) in [5, 5.41) is 9.66. The molecule has 4 atom stereocenters. The van der Waals surface area contributed by atoms with Gasteiger partial charge < -0.3 is 10.8 Å². The Bertz CT molecular complexity index is 191. The lowest BCUT2D eigenvalue weighted by molar-refractivity contribution is -0.124. The van der Waals surface area contributed by atoms with Crippen LogP contribution in [0.4, 0.5) is 0 Å². The molecule has 68 valence electrons. The number of carbonyl (C=O) groups is 1. The molecule has 3 heteroatoms.